The topological polar surface area (TPSA) is 68.1 Å². The Labute approximate surface area is 116 Å². The van der Waals surface area contributed by atoms with E-state index in [0.717, 1.165) is 32.8 Å². The van der Waals surface area contributed by atoms with Crippen LogP contribution in [0.15, 0.2) is 35.2 Å². The molecule has 0 saturated heterocycles. The van der Waals surface area contributed by atoms with Crippen LogP contribution in [0.25, 0.3) is 10.2 Å². The molecule has 2 heterocycles. The first-order chi connectivity index (χ1) is 9.22. The fraction of sp³-hybridized carbons (Fsp3) is 0.0833. The molecule has 5 nitrogen and oxygen atoms in total. The number of hydrogen-bond donors (Lipinski definition) is 1. The van der Waals surface area contributed by atoms with Crippen LogP contribution < -0.4 is 5.32 Å². The molecule has 0 aliphatic heterocycles. The summed E-state index contributed by atoms with van der Waals surface area (Å²) in [4.78, 5) is 14.5. The molecular formula is C12H9N3O2S2. The highest BCUT2D eigenvalue weighted by molar-refractivity contribution is 7.16. The van der Waals surface area contributed by atoms with Gasteiger partial charge in [0.15, 0.2) is 0 Å². The zero-order valence-corrected chi connectivity index (χ0v) is 11.3. The standard InChI is InChI=1S/C12H9N3O2S2/c16-15(17)12-3-8(6-18-12)5-13-9-1-2-10-11(4-9)19-7-14-10/h1-4,6-7,13H,5H2. The molecule has 0 unspecified atom stereocenters. The van der Waals surface area contributed by atoms with Crippen LogP contribution >= 0.6 is 22.7 Å². The third-order valence-corrected chi connectivity index (χ3v) is 4.37. The zero-order chi connectivity index (χ0) is 13.2. The maximum Gasteiger partial charge on any atom is 0.324 e. The van der Waals surface area contributed by atoms with Gasteiger partial charge in [0.25, 0.3) is 0 Å². The smallest absolute Gasteiger partial charge is 0.324 e. The highest BCUT2D eigenvalue weighted by Gasteiger charge is 2.09. The second-order valence-corrected chi connectivity index (χ2v) is 5.71. The van der Waals surface area contributed by atoms with Crippen molar-refractivity contribution in [2.24, 2.45) is 0 Å². The van der Waals surface area contributed by atoms with Crippen molar-refractivity contribution in [3.8, 4) is 0 Å². The minimum atomic E-state index is -0.364. The molecular weight excluding hydrogens is 282 g/mol. The quantitative estimate of drug-likeness (QED) is 0.585. The van der Waals surface area contributed by atoms with Crippen LogP contribution in [0, 0.1) is 10.1 Å². The van der Waals surface area contributed by atoms with Crippen LogP contribution in [-0.2, 0) is 6.54 Å². The highest BCUT2D eigenvalue weighted by atomic mass is 32.1. The van der Waals surface area contributed by atoms with E-state index in [0.29, 0.717) is 6.54 Å². The molecule has 0 aliphatic carbocycles. The lowest BCUT2D eigenvalue weighted by Crippen LogP contribution is -1.97. The lowest BCUT2D eigenvalue weighted by Gasteiger charge is -2.04. The lowest BCUT2D eigenvalue weighted by molar-refractivity contribution is -0.380. The van der Waals surface area contributed by atoms with Gasteiger partial charge in [0.1, 0.15) is 0 Å². The molecule has 0 spiro atoms. The molecule has 7 heteroatoms. The van der Waals surface area contributed by atoms with Gasteiger partial charge in [-0.05, 0) is 23.8 Å². The molecule has 0 amide bonds. The van der Waals surface area contributed by atoms with Crippen molar-refractivity contribution in [1.82, 2.24) is 4.98 Å². The minimum absolute atomic E-state index is 0.176. The summed E-state index contributed by atoms with van der Waals surface area (Å²) in [7, 11) is 0. The van der Waals surface area contributed by atoms with Crippen molar-refractivity contribution in [2.45, 2.75) is 6.54 Å². The van der Waals surface area contributed by atoms with Gasteiger partial charge in [0.2, 0.25) is 0 Å². The van der Waals surface area contributed by atoms with Gasteiger partial charge in [0, 0.05) is 23.7 Å². The normalized spacial score (nSPS) is 10.7. The van der Waals surface area contributed by atoms with E-state index in [1.54, 1.807) is 22.8 Å². The first kappa shape index (κ1) is 12.1. The van der Waals surface area contributed by atoms with Crippen LogP contribution in [0.3, 0.4) is 0 Å². The summed E-state index contributed by atoms with van der Waals surface area (Å²) in [5.74, 6) is 0. The molecule has 1 N–H and O–H groups in total. The lowest BCUT2D eigenvalue weighted by atomic mass is 10.2. The summed E-state index contributed by atoms with van der Waals surface area (Å²) in [5, 5.41) is 15.8. The Hall–Kier alpha value is -1.99. The number of nitro groups is 1. The number of nitrogens with one attached hydrogen (secondary N) is 1. The van der Waals surface area contributed by atoms with Gasteiger partial charge in [-0.1, -0.05) is 11.3 Å². The average molecular weight is 291 g/mol. The number of aromatic nitrogens is 1. The summed E-state index contributed by atoms with van der Waals surface area (Å²) < 4.78 is 1.13. The first-order valence-corrected chi connectivity index (χ1v) is 7.27. The van der Waals surface area contributed by atoms with Crippen molar-refractivity contribution < 1.29 is 4.92 Å². The maximum absolute atomic E-state index is 10.6. The van der Waals surface area contributed by atoms with Crippen molar-refractivity contribution in [2.75, 3.05) is 5.32 Å². The van der Waals surface area contributed by atoms with Gasteiger partial charge in [0.05, 0.1) is 20.7 Å². The SMILES string of the molecule is O=[N+]([O-])c1cc(CNc2ccc3ncsc3c2)cs1. The Balaban J connectivity index is 1.72. The third-order valence-electron chi connectivity index (χ3n) is 2.65. The number of rotatable bonds is 4. The van der Waals surface area contributed by atoms with Crippen LogP contribution in [0.1, 0.15) is 5.56 Å². The molecule has 0 bridgehead atoms. The van der Waals surface area contributed by atoms with Crippen molar-refractivity contribution in [1.29, 1.82) is 0 Å². The largest absolute Gasteiger partial charge is 0.381 e. The van der Waals surface area contributed by atoms with Crippen molar-refractivity contribution in [3.05, 3.63) is 50.8 Å². The Morgan fingerprint density at radius 1 is 1.32 bits per heavy atom. The monoisotopic (exact) mass is 291 g/mol. The minimum Gasteiger partial charge on any atom is -0.381 e. The van der Waals surface area contributed by atoms with Crippen LogP contribution in [0.4, 0.5) is 10.7 Å². The Kier molecular flexibility index (Phi) is 3.14. The second-order valence-electron chi connectivity index (χ2n) is 3.94. The maximum atomic E-state index is 10.6. The Morgan fingerprint density at radius 2 is 2.21 bits per heavy atom. The van der Waals surface area contributed by atoms with E-state index in [9.17, 15) is 10.1 Å². The fourth-order valence-electron chi connectivity index (χ4n) is 1.72. The predicted molar refractivity (Wildman–Crippen MR) is 77.9 cm³/mol. The number of benzene rings is 1. The summed E-state index contributed by atoms with van der Waals surface area (Å²) in [6.45, 7) is 0.578. The number of thiazole rings is 1. The highest BCUT2D eigenvalue weighted by Crippen LogP contribution is 2.25. The van der Waals surface area contributed by atoms with Gasteiger partial charge in [-0.2, -0.15) is 0 Å². The number of anilines is 1. The van der Waals surface area contributed by atoms with Gasteiger partial charge in [-0.15, -0.1) is 11.3 Å². The Bertz CT molecular complexity index is 735. The van der Waals surface area contributed by atoms with E-state index >= 15 is 0 Å². The fourth-order valence-corrected chi connectivity index (χ4v) is 3.17. The van der Waals surface area contributed by atoms with E-state index in [2.05, 4.69) is 10.3 Å². The van der Waals surface area contributed by atoms with Gasteiger partial charge >= 0.3 is 5.00 Å². The van der Waals surface area contributed by atoms with Gasteiger partial charge in [-0.25, -0.2) is 4.98 Å². The summed E-state index contributed by atoms with van der Waals surface area (Å²) in [6, 6.07) is 7.56. The zero-order valence-electron chi connectivity index (χ0n) is 9.70. The molecule has 0 atom stereocenters. The number of thiophene rings is 1. The molecule has 19 heavy (non-hydrogen) atoms. The molecule has 3 aromatic rings. The van der Waals surface area contributed by atoms with Gasteiger partial charge < -0.3 is 5.32 Å². The predicted octanol–water partition coefficient (Wildman–Crippen LogP) is 3.88. The van der Waals surface area contributed by atoms with E-state index < -0.39 is 0 Å². The molecule has 96 valence electrons. The molecule has 3 rings (SSSR count). The molecule has 0 fully saturated rings. The number of nitrogens with zero attached hydrogens (tertiary/aromatic N) is 2. The summed E-state index contributed by atoms with van der Waals surface area (Å²) >= 11 is 2.74. The third kappa shape index (κ3) is 2.56. The van der Waals surface area contributed by atoms with Crippen molar-refractivity contribution >= 4 is 43.6 Å². The molecule has 2 aromatic heterocycles. The summed E-state index contributed by atoms with van der Waals surface area (Å²) in [5.41, 5.74) is 4.71. The van der Waals surface area contributed by atoms with E-state index in [-0.39, 0.29) is 9.92 Å². The molecule has 0 aliphatic rings. The van der Waals surface area contributed by atoms with E-state index in [1.165, 1.54) is 0 Å². The van der Waals surface area contributed by atoms with Crippen LogP contribution in [0.2, 0.25) is 0 Å². The van der Waals surface area contributed by atoms with Crippen molar-refractivity contribution in [3.63, 3.8) is 0 Å². The number of hydrogen-bond acceptors (Lipinski definition) is 6. The second kappa shape index (κ2) is 4.94. The first-order valence-electron chi connectivity index (χ1n) is 5.51. The van der Waals surface area contributed by atoms with E-state index in [4.69, 9.17) is 0 Å². The number of fused-ring (bicyclic) bond motifs is 1. The average Bonchev–Trinajstić information content (AvgIpc) is 3.04. The Morgan fingerprint density at radius 3 is 3.00 bits per heavy atom. The van der Waals surface area contributed by atoms with Crippen LogP contribution in [-0.4, -0.2) is 9.91 Å². The molecule has 0 radical (unpaired) electrons. The molecule has 0 saturated carbocycles. The van der Waals surface area contributed by atoms with E-state index in [1.807, 2.05) is 23.7 Å². The molecule has 1 aromatic carbocycles. The van der Waals surface area contributed by atoms with Crippen LogP contribution in [0.5, 0.6) is 0 Å². The summed E-state index contributed by atoms with van der Waals surface area (Å²) in [6.07, 6.45) is 0. The van der Waals surface area contributed by atoms with Gasteiger partial charge in [-0.3, -0.25) is 10.1 Å².